The molecule has 0 saturated carbocycles. The SMILES string of the molecule is CN=C(NCc1nc(C(C)C)c(C)s1)N1CCC(N2CCCCC2)C1.I. The lowest BCUT2D eigenvalue weighted by Crippen LogP contribution is -2.44. The van der Waals surface area contributed by atoms with Crippen LogP contribution in [0.15, 0.2) is 4.99 Å². The first-order valence-corrected chi connectivity index (χ1v) is 10.6. The Kier molecular flexibility index (Phi) is 8.60. The zero-order valence-corrected chi connectivity index (χ0v) is 19.8. The van der Waals surface area contributed by atoms with Gasteiger partial charge in [-0.05, 0) is 45.2 Å². The molecule has 7 heteroatoms. The van der Waals surface area contributed by atoms with Crippen LogP contribution in [-0.2, 0) is 6.54 Å². The average Bonchev–Trinajstić information content (AvgIpc) is 3.23. The largest absolute Gasteiger partial charge is 0.350 e. The molecule has 3 heterocycles. The second-order valence-electron chi connectivity index (χ2n) is 7.59. The molecule has 2 fully saturated rings. The molecule has 1 unspecified atom stereocenters. The normalized spacial score (nSPS) is 22.0. The van der Waals surface area contributed by atoms with Gasteiger partial charge in [0.25, 0.3) is 0 Å². The molecule has 1 N–H and O–H groups in total. The average molecular weight is 491 g/mol. The van der Waals surface area contributed by atoms with Crippen molar-refractivity contribution < 1.29 is 0 Å². The van der Waals surface area contributed by atoms with Gasteiger partial charge in [-0.25, -0.2) is 4.98 Å². The van der Waals surface area contributed by atoms with Gasteiger partial charge in [0.2, 0.25) is 0 Å². The summed E-state index contributed by atoms with van der Waals surface area (Å²) in [4.78, 5) is 15.8. The molecule has 0 aromatic carbocycles. The fourth-order valence-electron chi connectivity index (χ4n) is 4.08. The third kappa shape index (κ3) is 5.32. The van der Waals surface area contributed by atoms with Crippen LogP contribution in [-0.4, -0.2) is 60.0 Å². The highest BCUT2D eigenvalue weighted by molar-refractivity contribution is 14.0. The number of hydrogen-bond acceptors (Lipinski definition) is 4. The summed E-state index contributed by atoms with van der Waals surface area (Å²) in [6.07, 6.45) is 5.40. The number of nitrogens with zero attached hydrogens (tertiary/aromatic N) is 4. The van der Waals surface area contributed by atoms with Gasteiger partial charge in [0, 0.05) is 31.1 Å². The second-order valence-corrected chi connectivity index (χ2v) is 8.88. The van der Waals surface area contributed by atoms with E-state index in [-0.39, 0.29) is 24.0 Å². The number of thiazole rings is 1. The summed E-state index contributed by atoms with van der Waals surface area (Å²) in [5, 5.41) is 4.70. The number of aryl methyl sites for hydroxylation is 1. The van der Waals surface area contributed by atoms with Crippen LogP contribution in [0.1, 0.15) is 61.0 Å². The molecule has 0 aliphatic carbocycles. The number of aromatic nitrogens is 1. The molecule has 0 radical (unpaired) electrons. The maximum Gasteiger partial charge on any atom is 0.194 e. The minimum absolute atomic E-state index is 0. The van der Waals surface area contributed by atoms with Crippen LogP contribution < -0.4 is 5.32 Å². The molecule has 1 aromatic heterocycles. The topological polar surface area (TPSA) is 43.8 Å². The number of rotatable bonds is 4. The standard InChI is InChI=1S/C19H33N5S.HI/c1-14(2)18-15(3)25-17(22-18)12-21-19(20-4)24-11-8-16(13-24)23-9-6-5-7-10-23;/h14,16H,5-13H2,1-4H3,(H,20,21);1H. The van der Waals surface area contributed by atoms with Crippen molar-refractivity contribution in [3.63, 3.8) is 0 Å². The van der Waals surface area contributed by atoms with E-state index in [9.17, 15) is 0 Å². The Labute approximate surface area is 179 Å². The van der Waals surface area contributed by atoms with Crippen LogP contribution in [0.3, 0.4) is 0 Å². The highest BCUT2D eigenvalue weighted by atomic mass is 127. The van der Waals surface area contributed by atoms with Gasteiger partial charge in [0.1, 0.15) is 5.01 Å². The van der Waals surface area contributed by atoms with Gasteiger partial charge in [0.15, 0.2) is 5.96 Å². The zero-order chi connectivity index (χ0) is 17.8. The number of likely N-dealkylation sites (tertiary alicyclic amines) is 2. The summed E-state index contributed by atoms with van der Waals surface area (Å²) in [6, 6.07) is 0.702. The van der Waals surface area contributed by atoms with Crippen molar-refractivity contribution in [1.29, 1.82) is 0 Å². The van der Waals surface area contributed by atoms with Crippen LogP contribution in [0.5, 0.6) is 0 Å². The van der Waals surface area contributed by atoms with Gasteiger partial charge >= 0.3 is 0 Å². The summed E-state index contributed by atoms with van der Waals surface area (Å²) < 4.78 is 0. The highest BCUT2D eigenvalue weighted by Gasteiger charge is 2.30. The molecular weight excluding hydrogens is 457 g/mol. The second kappa shape index (κ2) is 10.2. The lowest BCUT2D eigenvalue weighted by molar-refractivity contribution is 0.168. The Morgan fingerprint density at radius 1 is 1.27 bits per heavy atom. The molecule has 1 atom stereocenters. The third-order valence-corrected chi connectivity index (χ3v) is 6.39. The number of piperidine rings is 1. The summed E-state index contributed by atoms with van der Waals surface area (Å²) in [5.74, 6) is 1.52. The van der Waals surface area contributed by atoms with Crippen molar-refractivity contribution in [2.24, 2.45) is 4.99 Å². The van der Waals surface area contributed by atoms with Gasteiger partial charge in [0.05, 0.1) is 12.2 Å². The molecule has 0 spiro atoms. The summed E-state index contributed by atoms with van der Waals surface area (Å²) >= 11 is 1.81. The predicted molar refractivity (Wildman–Crippen MR) is 122 cm³/mol. The molecule has 3 rings (SSSR count). The van der Waals surface area contributed by atoms with Crippen molar-refractivity contribution in [3.8, 4) is 0 Å². The number of guanidine groups is 1. The lowest BCUT2D eigenvalue weighted by atomic mass is 10.1. The Morgan fingerprint density at radius 3 is 2.62 bits per heavy atom. The van der Waals surface area contributed by atoms with E-state index >= 15 is 0 Å². The van der Waals surface area contributed by atoms with Gasteiger partial charge in [-0.3, -0.25) is 9.89 Å². The number of hydrogen-bond donors (Lipinski definition) is 1. The third-order valence-electron chi connectivity index (χ3n) is 5.40. The summed E-state index contributed by atoms with van der Waals surface area (Å²) in [6.45, 7) is 12.1. The zero-order valence-electron chi connectivity index (χ0n) is 16.6. The van der Waals surface area contributed by atoms with Crippen molar-refractivity contribution in [3.05, 3.63) is 15.6 Å². The smallest absolute Gasteiger partial charge is 0.194 e. The molecule has 2 saturated heterocycles. The van der Waals surface area contributed by atoms with Gasteiger partial charge in [-0.2, -0.15) is 0 Å². The maximum atomic E-state index is 4.80. The lowest BCUT2D eigenvalue weighted by Gasteiger charge is -2.32. The Balaban J connectivity index is 0.00000243. The maximum absolute atomic E-state index is 4.80. The molecule has 1 aromatic rings. The Morgan fingerprint density at radius 2 is 2.00 bits per heavy atom. The first-order chi connectivity index (χ1) is 12.1. The predicted octanol–water partition coefficient (Wildman–Crippen LogP) is 3.83. The van der Waals surface area contributed by atoms with E-state index in [0.29, 0.717) is 12.0 Å². The Hall–Kier alpha value is -0.410. The van der Waals surface area contributed by atoms with E-state index in [1.54, 1.807) is 11.3 Å². The van der Waals surface area contributed by atoms with Crippen molar-refractivity contribution >= 4 is 41.3 Å². The molecule has 2 aliphatic heterocycles. The quantitative estimate of drug-likeness (QED) is 0.395. The minimum Gasteiger partial charge on any atom is -0.350 e. The summed E-state index contributed by atoms with van der Waals surface area (Å²) in [5.41, 5.74) is 1.24. The minimum atomic E-state index is 0. The molecule has 0 amide bonds. The number of aliphatic imine (C=N–C) groups is 1. The molecule has 26 heavy (non-hydrogen) atoms. The fourth-order valence-corrected chi connectivity index (χ4v) is 5.11. The molecule has 5 nitrogen and oxygen atoms in total. The fraction of sp³-hybridized carbons (Fsp3) is 0.789. The van der Waals surface area contributed by atoms with E-state index in [0.717, 1.165) is 30.6 Å². The molecule has 148 valence electrons. The number of nitrogens with one attached hydrogen (secondary N) is 1. The Bertz CT molecular complexity index is 595. The summed E-state index contributed by atoms with van der Waals surface area (Å²) in [7, 11) is 1.89. The molecular formula is C19H34IN5S. The first-order valence-electron chi connectivity index (χ1n) is 9.74. The van der Waals surface area contributed by atoms with Crippen molar-refractivity contribution in [1.82, 2.24) is 20.1 Å². The van der Waals surface area contributed by atoms with Gasteiger partial charge in [-0.15, -0.1) is 35.3 Å². The van der Waals surface area contributed by atoms with Crippen LogP contribution in [0, 0.1) is 6.92 Å². The van der Waals surface area contributed by atoms with E-state index in [1.807, 2.05) is 7.05 Å². The van der Waals surface area contributed by atoms with Crippen LogP contribution >= 0.6 is 35.3 Å². The van der Waals surface area contributed by atoms with Crippen LogP contribution in [0.4, 0.5) is 0 Å². The van der Waals surface area contributed by atoms with E-state index in [4.69, 9.17) is 4.98 Å². The first kappa shape index (κ1) is 21.9. The van der Waals surface area contributed by atoms with E-state index in [1.165, 1.54) is 49.3 Å². The van der Waals surface area contributed by atoms with E-state index in [2.05, 4.69) is 40.9 Å². The monoisotopic (exact) mass is 491 g/mol. The van der Waals surface area contributed by atoms with E-state index < -0.39 is 0 Å². The molecule has 0 bridgehead atoms. The molecule has 2 aliphatic rings. The highest BCUT2D eigenvalue weighted by Crippen LogP contribution is 2.24. The van der Waals surface area contributed by atoms with Crippen LogP contribution in [0.2, 0.25) is 0 Å². The van der Waals surface area contributed by atoms with Crippen LogP contribution in [0.25, 0.3) is 0 Å². The van der Waals surface area contributed by atoms with Gasteiger partial charge < -0.3 is 10.2 Å². The van der Waals surface area contributed by atoms with Crippen molar-refractivity contribution in [2.45, 2.75) is 65.0 Å². The van der Waals surface area contributed by atoms with Gasteiger partial charge in [-0.1, -0.05) is 20.3 Å². The van der Waals surface area contributed by atoms with Crippen molar-refractivity contribution in [2.75, 3.05) is 33.2 Å². The number of halogens is 1.